The number of hydrogen-bond donors (Lipinski definition) is 0. The zero-order valence-corrected chi connectivity index (χ0v) is 28.3. The lowest BCUT2D eigenvalue weighted by Crippen LogP contribution is -2.32. The number of aromatic nitrogens is 4. The lowest BCUT2D eigenvalue weighted by atomic mass is 9.66. The van der Waals surface area contributed by atoms with Crippen molar-refractivity contribution in [2.75, 3.05) is 0 Å². The standard InChI is InChI=1S/C47H28N4O2/c1-3-13-29(14-4-1)43-49-44(30-15-5-2-6-16-30)51-45(50-43)31-23-25-33-34-26-24-32(46-48-39-19-9-12-22-42(39)53-46)28-38(34)47(37(33)27-31)35-17-7-10-20-40(35)52-41-21-11-8-18-36(41)47/h1-28H. The number of oxazole rings is 1. The van der Waals surface area contributed by atoms with Crippen LogP contribution in [-0.2, 0) is 5.41 Å². The number of nitrogens with zero attached hydrogens (tertiary/aromatic N) is 4. The molecule has 248 valence electrons. The maximum atomic E-state index is 6.63. The summed E-state index contributed by atoms with van der Waals surface area (Å²) in [7, 11) is 0. The third kappa shape index (κ3) is 4.45. The van der Waals surface area contributed by atoms with E-state index in [-0.39, 0.29) is 0 Å². The molecular formula is C47H28N4O2. The van der Waals surface area contributed by atoms with Crippen molar-refractivity contribution in [3.8, 4) is 68.2 Å². The van der Waals surface area contributed by atoms with Crippen molar-refractivity contribution in [1.29, 1.82) is 0 Å². The molecular weight excluding hydrogens is 653 g/mol. The molecule has 2 aromatic heterocycles. The van der Waals surface area contributed by atoms with Gasteiger partial charge < -0.3 is 9.15 Å². The van der Waals surface area contributed by atoms with E-state index in [1.807, 2.05) is 97.1 Å². The van der Waals surface area contributed by atoms with Gasteiger partial charge in [-0.3, -0.25) is 0 Å². The Labute approximate surface area is 305 Å². The monoisotopic (exact) mass is 680 g/mol. The van der Waals surface area contributed by atoms with E-state index >= 15 is 0 Å². The van der Waals surface area contributed by atoms with Crippen LogP contribution in [0.25, 0.3) is 67.8 Å². The predicted octanol–water partition coefficient (Wildman–Crippen LogP) is 11.1. The van der Waals surface area contributed by atoms with Gasteiger partial charge in [0, 0.05) is 33.4 Å². The summed E-state index contributed by atoms with van der Waals surface area (Å²) in [5, 5.41) is 0. The average molecular weight is 681 g/mol. The molecule has 0 atom stereocenters. The second kappa shape index (κ2) is 11.4. The van der Waals surface area contributed by atoms with Gasteiger partial charge in [-0.15, -0.1) is 0 Å². The van der Waals surface area contributed by atoms with Crippen LogP contribution in [-0.4, -0.2) is 19.9 Å². The largest absolute Gasteiger partial charge is 0.457 e. The highest BCUT2D eigenvalue weighted by atomic mass is 16.5. The number of ether oxygens (including phenoxy) is 1. The molecule has 0 unspecified atom stereocenters. The molecule has 0 N–H and O–H groups in total. The molecule has 1 spiro atoms. The first-order chi connectivity index (χ1) is 26.2. The van der Waals surface area contributed by atoms with Crippen molar-refractivity contribution in [2.45, 2.75) is 5.41 Å². The fourth-order valence-corrected chi connectivity index (χ4v) is 8.10. The summed E-state index contributed by atoms with van der Waals surface area (Å²) in [6.07, 6.45) is 0. The first-order valence-corrected chi connectivity index (χ1v) is 17.6. The van der Waals surface area contributed by atoms with E-state index in [2.05, 4.69) is 72.8 Å². The van der Waals surface area contributed by atoms with Gasteiger partial charge in [0.1, 0.15) is 17.0 Å². The number of fused-ring (bicyclic) bond motifs is 10. The smallest absolute Gasteiger partial charge is 0.227 e. The minimum atomic E-state index is -0.717. The van der Waals surface area contributed by atoms with E-state index in [0.29, 0.717) is 23.4 Å². The van der Waals surface area contributed by atoms with Crippen LogP contribution in [0.15, 0.2) is 174 Å². The molecule has 7 aromatic carbocycles. The van der Waals surface area contributed by atoms with Gasteiger partial charge in [0.2, 0.25) is 5.89 Å². The fourth-order valence-electron chi connectivity index (χ4n) is 8.10. The van der Waals surface area contributed by atoms with E-state index in [4.69, 9.17) is 29.1 Å². The van der Waals surface area contributed by atoms with Crippen molar-refractivity contribution in [1.82, 2.24) is 19.9 Å². The van der Waals surface area contributed by atoms with Gasteiger partial charge >= 0.3 is 0 Å². The minimum absolute atomic E-state index is 0.585. The van der Waals surface area contributed by atoms with Crippen LogP contribution in [0.3, 0.4) is 0 Å². The Balaban J connectivity index is 1.18. The molecule has 0 bridgehead atoms. The minimum Gasteiger partial charge on any atom is -0.457 e. The van der Waals surface area contributed by atoms with Crippen LogP contribution in [0.4, 0.5) is 0 Å². The van der Waals surface area contributed by atoms with E-state index < -0.39 is 5.41 Å². The van der Waals surface area contributed by atoms with Gasteiger partial charge in [-0.05, 0) is 64.7 Å². The SMILES string of the molecule is c1ccc(-c2nc(-c3ccccc3)nc(-c3ccc4c(c3)C3(c5ccccc5Oc5ccccc53)c3cc(-c5nc6ccccc6o5)ccc3-4)n2)cc1. The topological polar surface area (TPSA) is 73.9 Å². The quantitative estimate of drug-likeness (QED) is 0.184. The summed E-state index contributed by atoms with van der Waals surface area (Å²) in [6, 6.07) is 58.0. The van der Waals surface area contributed by atoms with Crippen LogP contribution >= 0.6 is 0 Å². The second-order valence-corrected chi connectivity index (χ2v) is 13.4. The lowest BCUT2D eigenvalue weighted by Gasteiger charge is -2.39. The van der Waals surface area contributed by atoms with Gasteiger partial charge in [0.05, 0.1) is 5.41 Å². The Kier molecular flexibility index (Phi) is 6.36. The van der Waals surface area contributed by atoms with Gasteiger partial charge in [-0.1, -0.05) is 127 Å². The normalized spacial score (nSPS) is 13.2. The van der Waals surface area contributed by atoms with Gasteiger partial charge in [-0.25, -0.2) is 19.9 Å². The van der Waals surface area contributed by atoms with Crippen molar-refractivity contribution in [3.05, 3.63) is 192 Å². The number of para-hydroxylation sites is 4. The molecule has 6 nitrogen and oxygen atoms in total. The van der Waals surface area contributed by atoms with Crippen LogP contribution in [0.1, 0.15) is 22.3 Å². The number of hydrogen-bond acceptors (Lipinski definition) is 6. The Morgan fingerprint density at radius 2 is 0.868 bits per heavy atom. The first-order valence-electron chi connectivity index (χ1n) is 17.6. The Bertz CT molecular complexity index is 2750. The third-order valence-corrected chi connectivity index (χ3v) is 10.4. The molecule has 0 saturated carbocycles. The zero-order valence-electron chi connectivity index (χ0n) is 28.3. The number of rotatable bonds is 4. The molecule has 3 heterocycles. The Hall–Kier alpha value is -7.18. The Morgan fingerprint density at radius 1 is 0.377 bits per heavy atom. The van der Waals surface area contributed by atoms with Gasteiger partial charge in [0.15, 0.2) is 23.1 Å². The predicted molar refractivity (Wildman–Crippen MR) is 207 cm³/mol. The molecule has 2 aliphatic rings. The van der Waals surface area contributed by atoms with E-state index in [1.54, 1.807) is 0 Å². The van der Waals surface area contributed by atoms with Crippen LogP contribution < -0.4 is 4.74 Å². The summed E-state index contributed by atoms with van der Waals surface area (Å²) in [4.78, 5) is 20.0. The lowest BCUT2D eigenvalue weighted by molar-refractivity contribution is 0.436. The molecule has 0 amide bonds. The summed E-state index contributed by atoms with van der Waals surface area (Å²) >= 11 is 0. The molecule has 53 heavy (non-hydrogen) atoms. The van der Waals surface area contributed by atoms with Gasteiger partial charge in [-0.2, -0.15) is 0 Å². The fraction of sp³-hybridized carbons (Fsp3) is 0.0213. The van der Waals surface area contributed by atoms with E-state index in [1.165, 1.54) is 0 Å². The Morgan fingerprint density at radius 3 is 1.47 bits per heavy atom. The van der Waals surface area contributed by atoms with Crippen LogP contribution in [0.5, 0.6) is 11.5 Å². The maximum absolute atomic E-state index is 6.63. The van der Waals surface area contributed by atoms with Crippen LogP contribution in [0.2, 0.25) is 0 Å². The highest BCUT2D eigenvalue weighted by molar-refractivity contribution is 5.91. The highest BCUT2D eigenvalue weighted by Gasteiger charge is 2.51. The molecule has 0 saturated heterocycles. The first kappa shape index (κ1) is 29.5. The summed E-state index contributed by atoms with van der Waals surface area (Å²) < 4.78 is 12.9. The van der Waals surface area contributed by atoms with Crippen molar-refractivity contribution in [2.24, 2.45) is 0 Å². The molecule has 1 aliphatic carbocycles. The third-order valence-electron chi connectivity index (χ3n) is 10.4. The maximum Gasteiger partial charge on any atom is 0.227 e. The number of benzene rings is 7. The summed E-state index contributed by atoms with van der Waals surface area (Å²) in [5.41, 5.74) is 11.2. The zero-order chi connectivity index (χ0) is 34.9. The second-order valence-electron chi connectivity index (χ2n) is 13.4. The average Bonchev–Trinajstić information content (AvgIpc) is 3.79. The van der Waals surface area contributed by atoms with E-state index in [0.717, 1.165) is 78.2 Å². The molecule has 0 radical (unpaired) electrons. The summed E-state index contributed by atoms with van der Waals surface area (Å²) in [6.45, 7) is 0. The van der Waals surface area contributed by atoms with Crippen molar-refractivity contribution >= 4 is 11.1 Å². The molecule has 0 fully saturated rings. The summed E-state index contributed by atoms with van der Waals surface area (Å²) in [5.74, 6) is 4.07. The molecule has 11 rings (SSSR count). The van der Waals surface area contributed by atoms with Crippen LogP contribution in [0, 0.1) is 0 Å². The van der Waals surface area contributed by atoms with E-state index in [9.17, 15) is 0 Å². The van der Waals surface area contributed by atoms with Crippen molar-refractivity contribution in [3.63, 3.8) is 0 Å². The highest BCUT2D eigenvalue weighted by Crippen LogP contribution is 2.62. The molecule has 9 aromatic rings. The molecule has 6 heteroatoms. The molecule has 1 aliphatic heterocycles. The van der Waals surface area contributed by atoms with Gasteiger partial charge in [0.25, 0.3) is 0 Å². The van der Waals surface area contributed by atoms with Crippen molar-refractivity contribution < 1.29 is 9.15 Å².